The molecule has 1 aromatic rings. The van der Waals surface area contributed by atoms with Gasteiger partial charge in [-0.1, -0.05) is 6.92 Å². The Morgan fingerprint density at radius 3 is 2.33 bits per heavy atom. The molecule has 21 heavy (non-hydrogen) atoms. The van der Waals surface area contributed by atoms with Crippen molar-refractivity contribution in [1.82, 2.24) is 14.7 Å². The number of hydrogen-bond donors (Lipinski definition) is 2. The van der Waals surface area contributed by atoms with Crippen LogP contribution in [0.15, 0.2) is 17.3 Å². The topological polar surface area (TPSA) is 84.0 Å². The van der Waals surface area contributed by atoms with Gasteiger partial charge in [-0.15, -0.1) is 0 Å². The van der Waals surface area contributed by atoms with Gasteiger partial charge in [-0.05, 0) is 12.8 Å². The number of hydrogen-bond acceptors (Lipinski definition) is 5. The highest BCUT2D eigenvalue weighted by Crippen LogP contribution is 2.20. The number of alkyl halides is 3. The van der Waals surface area contributed by atoms with Crippen LogP contribution in [0.1, 0.15) is 26.2 Å². The molecule has 0 saturated carbocycles. The first-order chi connectivity index (χ1) is 9.74. The van der Waals surface area contributed by atoms with E-state index in [1.54, 1.807) is 0 Å². The molecule has 0 aliphatic heterocycles. The van der Waals surface area contributed by atoms with Gasteiger partial charge in [0.15, 0.2) is 0 Å². The normalized spacial score (nSPS) is 12.4. The molecule has 2 N–H and O–H groups in total. The highest BCUT2D eigenvalue weighted by molar-refractivity contribution is 7.89. The van der Waals surface area contributed by atoms with Crippen LogP contribution in [-0.4, -0.2) is 37.7 Å². The number of halogens is 3. The minimum absolute atomic E-state index is 0.184. The fourth-order valence-electron chi connectivity index (χ4n) is 1.36. The van der Waals surface area contributed by atoms with E-state index >= 15 is 0 Å². The summed E-state index contributed by atoms with van der Waals surface area (Å²) in [4.78, 5) is 7.47. The lowest BCUT2D eigenvalue weighted by molar-refractivity contribution is -0.135. The molecule has 1 heterocycles. The Balaban J connectivity index is 2.54. The molecule has 0 saturated heterocycles. The second-order valence-electron chi connectivity index (χ2n) is 4.29. The molecule has 0 bridgehead atoms. The van der Waals surface area contributed by atoms with E-state index in [0.29, 0.717) is 12.5 Å². The first-order valence-electron chi connectivity index (χ1n) is 6.37. The fraction of sp³-hybridized carbons (Fsp3) is 0.636. The SMILES string of the molecule is CCCNc1ncc(S(=O)(=O)NCCCC(F)(F)F)cn1. The van der Waals surface area contributed by atoms with Crippen LogP contribution in [0.2, 0.25) is 0 Å². The summed E-state index contributed by atoms with van der Waals surface area (Å²) >= 11 is 0. The van der Waals surface area contributed by atoms with Crippen LogP contribution in [0.4, 0.5) is 19.1 Å². The Morgan fingerprint density at radius 1 is 1.19 bits per heavy atom. The molecule has 1 rings (SSSR count). The Labute approximate surface area is 121 Å². The van der Waals surface area contributed by atoms with E-state index in [-0.39, 0.29) is 17.9 Å². The molecule has 0 amide bonds. The summed E-state index contributed by atoms with van der Waals surface area (Å²) in [5.74, 6) is 0.299. The maximum atomic E-state index is 11.9. The Morgan fingerprint density at radius 2 is 1.81 bits per heavy atom. The molecular formula is C11H17F3N4O2S. The Kier molecular flexibility index (Phi) is 6.34. The second kappa shape index (κ2) is 7.55. The largest absolute Gasteiger partial charge is 0.389 e. The zero-order valence-corrected chi connectivity index (χ0v) is 12.3. The average molecular weight is 326 g/mol. The van der Waals surface area contributed by atoms with Crippen molar-refractivity contribution in [1.29, 1.82) is 0 Å². The molecule has 0 radical (unpaired) electrons. The lowest BCUT2D eigenvalue weighted by atomic mass is 10.3. The highest BCUT2D eigenvalue weighted by atomic mass is 32.2. The first-order valence-corrected chi connectivity index (χ1v) is 7.85. The quantitative estimate of drug-likeness (QED) is 0.713. The van der Waals surface area contributed by atoms with Gasteiger partial charge in [0.25, 0.3) is 0 Å². The molecule has 6 nitrogen and oxygen atoms in total. The maximum Gasteiger partial charge on any atom is 0.389 e. The second-order valence-corrected chi connectivity index (χ2v) is 6.05. The highest BCUT2D eigenvalue weighted by Gasteiger charge is 2.26. The van der Waals surface area contributed by atoms with Gasteiger partial charge < -0.3 is 5.32 Å². The predicted molar refractivity (Wildman–Crippen MR) is 71.3 cm³/mol. The van der Waals surface area contributed by atoms with E-state index in [1.807, 2.05) is 6.92 Å². The fourth-order valence-corrected chi connectivity index (χ4v) is 2.32. The van der Waals surface area contributed by atoms with Crippen molar-refractivity contribution >= 4 is 16.0 Å². The van der Waals surface area contributed by atoms with Crippen LogP contribution in [0, 0.1) is 0 Å². The van der Waals surface area contributed by atoms with Gasteiger partial charge in [0.05, 0.1) is 12.4 Å². The van der Waals surface area contributed by atoms with E-state index in [9.17, 15) is 21.6 Å². The molecule has 0 aliphatic rings. The summed E-state index contributed by atoms with van der Waals surface area (Å²) in [6, 6.07) is 0. The van der Waals surface area contributed by atoms with E-state index in [2.05, 4.69) is 20.0 Å². The van der Waals surface area contributed by atoms with Gasteiger partial charge in [0.2, 0.25) is 16.0 Å². The van der Waals surface area contributed by atoms with Crippen LogP contribution >= 0.6 is 0 Å². The zero-order chi connectivity index (χ0) is 15.9. The molecule has 0 aliphatic carbocycles. The summed E-state index contributed by atoms with van der Waals surface area (Å²) < 4.78 is 61.5. The summed E-state index contributed by atoms with van der Waals surface area (Å²) in [5, 5.41) is 2.88. The van der Waals surface area contributed by atoms with Gasteiger partial charge in [0, 0.05) is 19.5 Å². The summed E-state index contributed by atoms with van der Waals surface area (Å²) in [7, 11) is -3.89. The van der Waals surface area contributed by atoms with Crippen LogP contribution < -0.4 is 10.0 Å². The standard InChI is InChI=1S/C11H17F3N4O2S/c1-2-5-15-10-16-7-9(8-17-10)21(19,20)18-6-3-4-11(12,13)14/h7-8,18H,2-6H2,1H3,(H,15,16,17). The molecule has 1 aromatic heterocycles. The third-order valence-corrected chi connectivity index (χ3v) is 3.82. The summed E-state index contributed by atoms with van der Waals surface area (Å²) in [5.41, 5.74) is 0. The number of anilines is 1. The van der Waals surface area contributed by atoms with E-state index in [0.717, 1.165) is 18.8 Å². The van der Waals surface area contributed by atoms with Crippen molar-refractivity contribution < 1.29 is 21.6 Å². The van der Waals surface area contributed by atoms with Crippen LogP contribution in [0.3, 0.4) is 0 Å². The predicted octanol–water partition coefficient (Wildman–Crippen LogP) is 1.92. The molecular weight excluding hydrogens is 309 g/mol. The van der Waals surface area contributed by atoms with Crippen LogP contribution in [0.25, 0.3) is 0 Å². The lowest BCUT2D eigenvalue weighted by Crippen LogP contribution is -2.26. The summed E-state index contributed by atoms with van der Waals surface area (Å²) in [6.45, 7) is 2.32. The van der Waals surface area contributed by atoms with Crippen molar-refractivity contribution in [2.75, 3.05) is 18.4 Å². The number of sulfonamides is 1. The third kappa shape index (κ3) is 6.71. The van der Waals surface area contributed by atoms with Crippen molar-refractivity contribution in [3.8, 4) is 0 Å². The molecule has 120 valence electrons. The molecule has 0 spiro atoms. The van der Waals surface area contributed by atoms with Crippen molar-refractivity contribution in [3.05, 3.63) is 12.4 Å². The van der Waals surface area contributed by atoms with E-state index < -0.39 is 22.6 Å². The van der Waals surface area contributed by atoms with Crippen LogP contribution in [0.5, 0.6) is 0 Å². The van der Waals surface area contributed by atoms with Crippen molar-refractivity contribution in [2.24, 2.45) is 0 Å². The van der Waals surface area contributed by atoms with Crippen molar-refractivity contribution in [3.63, 3.8) is 0 Å². The number of nitrogens with one attached hydrogen (secondary N) is 2. The minimum atomic E-state index is -4.29. The van der Waals surface area contributed by atoms with Gasteiger partial charge in [-0.25, -0.2) is 23.1 Å². The third-order valence-electron chi connectivity index (χ3n) is 2.40. The van der Waals surface area contributed by atoms with Crippen molar-refractivity contribution in [2.45, 2.75) is 37.3 Å². The molecule has 0 unspecified atom stereocenters. The number of rotatable bonds is 8. The zero-order valence-electron chi connectivity index (χ0n) is 11.4. The first kappa shape index (κ1) is 17.6. The number of aromatic nitrogens is 2. The van der Waals surface area contributed by atoms with Gasteiger partial charge in [-0.2, -0.15) is 13.2 Å². The smallest absolute Gasteiger partial charge is 0.354 e. The maximum absolute atomic E-state index is 11.9. The van der Waals surface area contributed by atoms with Gasteiger partial charge >= 0.3 is 6.18 Å². The Bertz CT molecular complexity index is 531. The molecule has 10 heteroatoms. The monoisotopic (exact) mass is 326 g/mol. The average Bonchev–Trinajstić information content (AvgIpc) is 2.41. The molecule has 0 aromatic carbocycles. The van der Waals surface area contributed by atoms with Gasteiger partial charge in [0.1, 0.15) is 4.90 Å². The minimum Gasteiger partial charge on any atom is -0.354 e. The van der Waals surface area contributed by atoms with E-state index in [1.165, 1.54) is 0 Å². The lowest BCUT2D eigenvalue weighted by Gasteiger charge is -2.08. The van der Waals surface area contributed by atoms with Gasteiger partial charge in [-0.3, -0.25) is 0 Å². The molecule has 0 fully saturated rings. The number of nitrogens with zero attached hydrogens (tertiary/aromatic N) is 2. The Hall–Kier alpha value is -1.42. The summed E-state index contributed by atoms with van der Waals surface area (Å²) in [6.07, 6.45) is -2.56. The molecule has 0 atom stereocenters. The van der Waals surface area contributed by atoms with Crippen LogP contribution in [-0.2, 0) is 10.0 Å². The van der Waals surface area contributed by atoms with E-state index in [4.69, 9.17) is 0 Å².